The van der Waals surface area contributed by atoms with Crippen LogP contribution in [0.1, 0.15) is 74.6 Å². The highest BCUT2D eigenvalue weighted by Gasteiger charge is 2.44. The molecule has 6 nitrogen and oxygen atoms in total. The van der Waals surface area contributed by atoms with Crippen LogP contribution in [-0.2, 0) is 5.41 Å². The summed E-state index contributed by atoms with van der Waals surface area (Å²) in [6.07, 6.45) is 13.1. The lowest BCUT2D eigenvalue weighted by molar-refractivity contribution is 0.267. The van der Waals surface area contributed by atoms with Crippen LogP contribution in [0.25, 0.3) is 11.1 Å². The van der Waals surface area contributed by atoms with Gasteiger partial charge < -0.3 is 10.3 Å². The van der Waals surface area contributed by atoms with Gasteiger partial charge in [-0.3, -0.25) is 0 Å². The summed E-state index contributed by atoms with van der Waals surface area (Å²) in [5, 5.41) is 4.43. The second-order valence-corrected chi connectivity index (χ2v) is 8.13. The van der Waals surface area contributed by atoms with Gasteiger partial charge in [-0.2, -0.15) is 4.98 Å². The van der Waals surface area contributed by atoms with E-state index < -0.39 is 0 Å². The lowest BCUT2D eigenvalue weighted by Crippen LogP contribution is -2.36. The van der Waals surface area contributed by atoms with Crippen LogP contribution in [0.2, 0.25) is 0 Å². The van der Waals surface area contributed by atoms with E-state index in [9.17, 15) is 0 Å². The Labute approximate surface area is 164 Å². The number of nitrogens with zero attached hydrogens (tertiary/aromatic N) is 4. The number of anilines is 1. The Hall–Kier alpha value is -2.76. The maximum atomic E-state index is 5.72. The number of hydrogen-bond acceptors (Lipinski definition) is 6. The highest BCUT2D eigenvalue weighted by atomic mass is 16.5. The highest BCUT2D eigenvalue weighted by Crippen LogP contribution is 2.48. The maximum absolute atomic E-state index is 5.72. The molecule has 2 aliphatic rings. The molecule has 0 amide bonds. The van der Waals surface area contributed by atoms with E-state index in [1.54, 1.807) is 12.4 Å². The minimum absolute atomic E-state index is 0.105. The topological polar surface area (TPSA) is 90.7 Å². The smallest absolute Gasteiger partial charge is 0.229 e. The van der Waals surface area contributed by atoms with Gasteiger partial charge in [-0.1, -0.05) is 55.1 Å². The third kappa shape index (κ3) is 2.97. The van der Waals surface area contributed by atoms with Gasteiger partial charge in [0.05, 0.1) is 5.41 Å². The van der Waals surface area contributed by atoms with E-state index in [-0.39, 0.29) is 5.41 Å². The molecule has 1 aromatic carbocycles. The molecule has 0 saturated heterocycles. The summed E-state index contributed by atoms with van der Waals surface area (Å²) in [6, 6.07) is 8.60. The van der Waals surface area contributed by atoms with Crippen LogP contribution in [-0.4, -0.2) is 20.1 Å². The Balaban J connectivity index is 1.42. The second kappa shape index (κ2) is 7.00. The molecule has 0 spiro atoms. The van der Waals surface area contributed by atoms with Crippen molar-refractivity contribution in [2.24, 2.45) is 0 Å². The molecule has 0 atom stereocenters. The van der Waals surface area contributed by atoms with Crippen molar-refractivity contribution in [3.63, 3.8) is 0 Å². The van der Waals surface area contributed by atoms with Gasteiger partial charge in [0, 0.05) is 23.9 Å². The van der Waals surface area contributed by atoms with Crippen molar-refractivity contribution in [1.29, 1.82) is 0 Å². The summed E-state index contributed by atoms with van der Waals surface area (Å²) in [7, 11) is 0. The number of nitrogen functional groups attached to an aromatic ring is 1. The molecule has 3 aromatic rings. The van der Waals surface area contributed by atoms with Gasteiger partial charge in [-0.15, -0.1) is 0 Å². The van der Waals surface area contributed by atoms with Gasteiger partial charge in [-0.25, -0.2) is 9.97 Å². The summed E-state index contributed by atoms with van der Waals surface area (Å²) < 4.78 is 5.72. The first-order valence-corrected chi connectivity index (χ1v) is 10.3. The molecule has 2 heterocycles. The van der Waals surface area contributed by atoms with Gasteiger partial charge >= 0.3 is 0 Å². The Kier molecular flexibility index (Phi) is 4.34. The third-order valence-electron chi connectivity index (χ3n) is 6.47. The fourth-order valence-corrected chi connectivity index (χ4v) is 4.59. The Morgan fingerprint density at radius 3 is 2.25 bits per heavy atom. The quantitative estimate of drug-likeness (QED) is 0.715. The predicted molar refractivity (Wildman–Crippen MR) is 107 cm³/mol. The zero-order valence-electron chi connectivity index (χ0n) is 16.0. The van der Waals surface area contributed by atoms with E-state index in [0.717, 1.165) is 35.7 Å². The molecule has 0 radical (unpaired) electrons. The van der Waals surface area contributed by atoms with Crippen LogP contribution in [0.4, 0.5) is 5.95 Å². The molecule has 6 heteroatoms. The molecular weight excluding hydrogens is 350 g/mol. The summed E-state index contributed by atoms with van der Waals surface area (Å²) >= 11 is 0. The normalized spacial score (nSPS) is 19.3. The van der Waals surface area contributed by atoms with Crippen LogP contribution in [0.5, 0.6) is 0 Å². The molecule has 2 aromatic heterocycles. The Morgan fingerprint density at radius 1 is 0.893 bits per heavy atom. The van der Waals surface area contributed by atoms with E-state index >= 15 is 0 Å². The fourth-order valence-electron chi connectivity index (χ4n) is 4.59. The Morgan fingerprint density at radius 2 is 1.61 bits per heavy atom. The average Bonchev–Trinajstić information content (AvgIpc) is 3.19. The van der Waals surface area contributed by atoms with E-state index in [1.807, 2.05) is 0 Å². The van der Waals surface area contributed by atoms with Crippen LogP contribution >= 0.6 is 0 Å². The summed E-state index contributed by atoms with van der Waals surface area (Å²) in [4.78, 5) is 13.0. The molecule has 2 N–H and O–H groups in total. The van der Waals surface area contributed by atoms with Crippen molar-refractivity contribution < 1.29 is 4.52 Å². The van der Waals surface area contributed by atoms with Crippen LogP contribution in [0.15, 0.2) is 41.2 Å². The number of rotatable bonds is 4. The predicted octanol–water partition coefficient (Wildman–Crippen LogP) is 4.63. The SMILES string of the molecule is Nc1ncc(-c2ccc(C3(c4noc(C5CCCCC5)n4)CCC3)cc2)cn1. The molecule has 28 heavy (non-hydrogen) atoms. The molecule has 0 aliphatic heterocycles. The monoisotopic (exact) mass is 375 g/mol. The number of hydrogen-bond donors (Lipinski definition) is 1. The van der Waals surface area contributed by atoms with Crippen molar-refractivity contribution in [1.82, 2.24) is 20.1 Å². The average molecular weight is 375 g/mol. The first-order chi connectivity index (χ1) is 13.7. The standard InChI is InChI=1S/C22H25N5O/c23-21-24-13-17(14-25-21)15-7-9-18(10-8-15)22(11-4-12-22)20-26-19(28-27-20)16-5-2-1-3-6-16/h7-10,13-14,16H,1-6,11-12H2,(H2,23,24,25). The van der Waals surface area contributed by atoms with E-state index in [4.69, 9.17) is 15.2 Å². The third-order valence-corrected chi connectivity index (χ3v) is 6.47. The number of aromatic nitrogens is 4. The molecule has 0 unspecified atom stereocenters. The molecule has 2 fully saturated rings. The number of benzene rings is 1. The van der Waals surface area contributed by atoms with Crippen LogP contribution < -0.4 is 5.73 Å². The minimum atomic E-state index is -0.105. The summed E-state index contributed by atoms with van der Waals surface area (Å²) in [5.74, 6) is 2.44. The van der Waals surface area contributed by atoms with Crippen molar-refractivity contribution in [3.05, 3.63) is 53.9 Å². The van der Waals surface area contributed by atoms with Gasteiger partial charge in [0.1, 0.15) is 0 Å². The van der Waals surface area contributed by atoms with Gasteiger partial charge in [0.15, 0.2) is 5.82 Å². The first kappa shape index (κ1) is 17.3. The van der Waals surface area contributed by atoms with Crippen molar-refractivity contribution in [3.8, 4) is 11.1 Å². The van der Waals surface area contributed by atoms with Crippen LogP contribution in [0, 0.1) is 0 Å². The Bertz CT molecular complexity index is 938. The molecule has 0 bridgehead atoms. The second-order valence-electron chi connectivity index (χ2n) is 8.13. The zero-order chi connectivity index (χ0) is 19.0. The van der Waals surface area contributed by atoms with Crippen molar-refractivity contribution in [2.75, 3.05) is 5.73 Å². The van der Waals surface area contributed by atoms with Gasteiger partial charge in [0.2, 0.25) is 11.8 Å². The first-order valence-electron chi connectivity index (χ1n) is 10.3. The number of nitrogens with two attached hydrogens (primary N) is 1. The maximum Gasteiger partial charge on any atom is 0.229 e. The van der Waals surface area contributed by atoms with E-state index in [0.29, 0.717) is 11.9 Å². The van der Waals surface area contributed by atoms with E-state index in [2.05, 4.69) is 39.4 Å². The zero-order valence-corrected chi connectivity index (χ0v) is 16.0. The minimum Gasteiger partial charge on any atom is -0.368 e. The summed E-state index contributed by atoms with van der Waals surface area (Å²) in [6.45, 7) is 0. The van der Waals surface area contributed by atoms with Crippen molar-refractivity contribution >= 4 is 5.95 Å². The molecule has 144 valence electrons. The molecule has 2 aliphatic carbocycles. The lowest BCUT2D eigenvalue weighted by Gasteiger charge is -2.39. The fraction of sp³-hybridized carbons (Fsp3) is 0.455. The molecular formula is C22H25N5O. The van der Waals surface area contributed by atoms with Gasteiger partial charge in [0.25, 0.3) is 0 Å². The molecule has 5 rings (SSSR count). The highest BCUT2D eigenvalue weighted by molar-refractivity contribution is 5.62. The van der Waals surface area contributed by atoms with Crippen molar-refractivity contribution in [2.45, 2.75) is 62.7 Å². The lowest BCUT2D eigenvalue weighted by atomic mass is 9.64. The van der Waals surface area contributed by atoms with Crippen LogP contribution in [0.3, 0.4) is 0 Å². The van der Waals surface area contributed by atoms with E-state index in [1.165, 1.54) is 44.1 Å². The summed E-state index contributed by atoms with van der Waals surface area (Å²) in [5.41, 5.74) is 8.78. The van der Waals surface area contributed by atoms with Gasteiger partial charge in [-0.05, 0) is 36.8 Å². The molecule has 2 saturated carbocycles. The largest absolute Gasteiger partial charge is 0.368 e.